The first-order chi connectivity index (χ1) is 14.7. The molecule has 1 aromatic rings. The Hall–Kier alpha value is -2.05. The van der Waals surface area contributed by atoms with Crippen LogP contribution in [0.15, 0.2) is 12.1 Å². The summed E-state index contributed by atoms with van der Waals surface area (Å²) >= 11 is 13.0. The van der Waals surface area contributed by atoms with Crippen molar-refractivity contribution < 1.29 is 29.0 Å². The molecule has 1 fully saturated rings. The number of esters is 1. The van der Waals surface area contributed by atoms with Gasteiger partial charge in [0.1, 0.15) is 10.8 Å². The van der Waals surface area contributed by atoms with E-state index >= 15 is 0 Å². The standard InChI is InChI=1S/C23H24Cl2O6/c1-2-22-8-5-14(26)10-15(22)18-13(11-22)9-16(19(24)20(18)25)30-12-17(27)31-23(21(28)29)6-3-4-7-23/h9-10H,2-8,11-12H2,1H3,(H,28,29). The van der Waals surface area contributed by atoms with Crippen LogP contribution in [0.5, 0.6) is 5.75 Å². The van der Waals surface area contributed by atoms with Crippen LogP contribution in [0.1, 0.15) is 63.0 Å². The quantitative estimate of drug-likeness (QED) is 0.592. The summed E-state index contributed by atoms with van der Waals surface area (Å²) in [6.45, 7) is 1.63. The van der Waals surface area contributed by atoms with E-state index in [0.29, 0.717) is 37.1 Å². The molecule has 166 valence electrons. The van der Waals surface area contributed by atoms with E-state index in [-0.39, 0.29) is 22.0 Å². The third kappa shape index (κ3) is 3.74. The molecule has 3 aliphatic carbocycles. The Balaban J connectivity index is 1.55. The Morgan fingerprint density at radius 2 is 1.87 bits per heavy atom. The van der Waals surface area contributed by atoms with Gasteiger partial charge in [-0.25, -0.2) is 9.59 Å². The minimum atomic E-state index is -1.47. The fourth-order valence-electron chi connectivity index (χ4n) is 5.14. The zero-order valence-corrected chi connectivity index (χ0v) is 18.8. The number of fused-ring (bicyclic) bond motifs is 3. The lowest BCUT2D eigenvalue weighted by molar-refractivity contribution is -0.179. The molecule has 1 atom stereocenters. The molecule has 1 unspecified atom stereocenters. The molecule has 3 aliphatic rings. The molecule has 0 bridgehead atoms. The first-order valence-corrected chi connectivity index (χ1v) is 11.3. The fourth-order valence-corrected chi connectivity index (χ4v) is 5.66. The molecule has 1 aromatic carbocycles. The Morgan fingerprint density at radius 3 is 2.52 bits per heavy atom. The number of hydrogen-bond acceptors (Lipinski definition) is 5. The lowest BCUT2D eigenvalue weighted by Gasteiger charge is -2.32. The van der Waals surface area contributed by atoms with Gasteiger partial charge >= 0.3 is 11.9 Å². The van der Waals surface area contributed by atoms with Crippen LogP contribution >= 0.6 is 23.2 Å². The summed E-state index contributed by atoms with van der Waals surface area (Å²) < 4.78 is 10.9. The summed E-state index contributed by atoms with van der Waals surface area (Å²) in [5.74, 6) is -1.56. The van der Waals surface area contributed by atoms with Crippen molar-refractivity contribution in [3.05, 3.63) is 33.3 Å². The van der Waals surface area contributed by atoms with E-state index in [2.05, 4.69) is 6.92 Å². The number of carboxylic acids is 1. The average molecular weight is 467 g/mol. The topological polar surface area (TPSA) is 89.9 Å². The fraction of sp³-hybridized carbons (Fsp3) is 0.522. The molecule has 1 N–H and O–H groups in total. The molecule has 1 saturated carbocycles. The lowest BCUT2D eigenvalue weighted by atomic mass is 9.71. The molecule has 0 spiro atoms. The predicted octanol–water partition coefficient (Wildman–Crippen LogP) is 5.01. The number of carboxylic acid groups (broad SMARTS) is 1. The van der Waals surface area contributed by atoms with Crippen molar-refractivity contribution in [3.8, 4) is 5.75 Å². The summed E-state index contributed by atoms with van der Waals surface area (Å²) in [6, 6.07) is 1.76. The van der Waals surface area contributed by atoms with Crippen molar-refractivity contribution in [2.75, 3.05) is 6.61 Å². The minimum Gasteiger partial charge on any atom is -0.480 e. The predicted molar refractivity (Wildman–Crippen MR) is 116 cm³/mol. The molecule has 0 heterocycles. The summed E-state index contributed by atoms with van der Waals surface area (Å²) in [5.41, 5.74) is 1.04. The molecule has 4 rings (SSSR count). The van der Waals surface area contributed by atoms with Crippen molar-refractivity contribution in [1.29, 1.82) is 0 Å². The van der Waals surface area contributed by atoms with Gasteiger partial charge in [-0.3, -0.25) is 4.79 Å². The SMILES string of the molecule is CCC12CCC(=O)C=C1c1c(cc(OCC(=O)OC3(C(=O)O)CCCC3)c(Cl)c1Cl)C2. The van der Waals surface area contributed by atoms with Gasteiger partial charge in [-0.1, -0.05) is 30.1 Å². The smallest absolute Gasteiger partial charge is 0.348 e. The van der Waals surface area contributed by atoms with Gasteiger partial charge in [0.05, 0.1) is 5.02 Å². The Kier molecular flexibility index (Phi) is 5.81. The van der Waals surface area contributed by atoms with Gasteiger partial charge in [-0.05, 0) is 68.2 Å². The molecule has 0 aromatic heterocycles. The van der Waals surface area contributed by atoms with Crippen molar-refractivity contribution in [1.82, 2.24) is 0 Å². The second-order valence-corrected chi connectivity index (χ2v) is 9.40. The van der Waals surface area contributed by atoms with Gasteiger partial charge in [-0.2, -0.15) is 0 Å². The third-order valence-corrected chi connectivity index (χ3v) is 7.76. The van der Waals surface area contributed by atoms with Gasteiger partial charge in [0.2, 0.25) is 5.60 Å². The molecule has 0 radical (unpaired) electrons. The number of carbonyl (C=O) groups excluding carboxylic acids is 2. The van der Waals surface area contributed by atoms with Gasteiger partial charge in [0.25, 0.3) is 0 Å². The van der Waals surface area contributed by atoms with Crippen molar-refractivity contribution in [3.63, 3.8) is 0 Å². The largest absolute Gasteiger partial charge is 0.480 e. The van der Waals surface area contributed by atoms with E-state index < -0.39 is 24.1 Å². The van der Waals surface area contributed by atoms with Crippen LogP contribution in [0, 0.1) is 5.41 Å². The number of carbonyl (C=O) groups is 3. The second kappa shape index (κ2) is 8.14. The summed E-state index contributed by atoms with van der Waals surface area (Å²) in [7, 11) is 0. The molecule has 0 saturated heterocycles. The summed E-state index contributed by atoms with van der Waals surface area (Å²) in [5, 5.41) is 9.93. The van der Waals surface area contributed by atoms with E-state index in [1.54, 1.807) is 12.1 Å². The van der Waals surface area contributed by atoms with E-state index in [1.165, 1.54) is 0 Å². The number of hydrogen-bond donors (Lipinski definition) is 1. The van der Waals surface area contributed by atoms with Crippen molar-refractivity contribution in [2.45, 2.75) is 63.9 Å². The zero-order valence-electron chi connectivity index (χ0n) is 17.3. The van der Waals surface area contributed by atoms with Gasteiger partial charge in [0, 0.05) is 17.4 Å². The Morgan fingerprint density at radius 1 is 1.16 bits per heavy atom. The van der Waals surface area contributed by atoms with Crippen LogP contribution in [-0.4, -0.2) is 35.0 Å². The molecule has 0 amide bonds. The third-order valence-electron chi connectivity index (χ3n) is 6.91. The number of ketones is 1. The lowest BCUT2D eigenvalue weighted by Crippen LogP contribution is -2.41. The Bertz CT molecular complexity index is 992. The molecule has 0 aliphatic heterocycles. The molecule has 8 heteroatoms. The highest BCUT2D eigenvalue weighted by molar-refractivity contribution is 6.44. The van der Waals surface area contributed by atoms with E-state index in [9.17, 15) is 19.5 Å². The number of benzene rings is 1. The maximum atomic E-state index is 12.3. The molecule has 31 heavy (non-hydrogen) atoms. The highest BCUT2D eigenvalue weighted by Crippen LogP contribution is 2.57. The van der Waals surface area contributed by atoms with Crippen LogP contribution in [0.25, 0.3) is 5.57 Å². The number of ether oxygens (including phenoxy) is 2. The van der Waals surface area contributed by atoms with Crippen LogP contribution in [0.3, 0.4) is 0 Å². The first-order valence-electron chi connectivity index (χ1n) is 10.6. The number of halogens is 2. The normalized spacial score (nSPS) is 23.7. The van der Waals surface area contributed by atoms with E-state index in [0.717, 1.165) is 36.0 Å². The van der Waals surface area contributed by atoms with Gasteiger partial charge in [-0.15, -0.1) is 0 Å². The number of aliphatic carboxylic acids is 1. The van der Waals surface area contributed by atoms with Crippen LogP contribution in [0.2, 0.25) is 10.0 Å². The minimum absolute atomic E-state index is 0.0847. The first kappa shape index (κ1) is 22.2. The Labute approximate surface area is 190 Å². The molecule has 6 nitrogen and oxygen atoms in total. The monoisotopic (exact) mass is 466 g/mol. The second-order valence-electron chi connectivity index (χ2n) is 8.64. The van der Waals surface area contributed by atoms with Crippen LogP contribution in [0.4, 0.5) is 0 Å². The summed E-state index contributed by atoms with van der Waals surface area (Å²) in [4.78, 5) is 36.0. The van der Waals surface area contributed by atoms with Crippen LogP contribution in [-0.2, 0) is 25.5 Å². The highest BCUT2D eigenvalue weighted by Gasteiger charge is 2.46. The summed E-state index contributed by atoms with van der Waals surface area (Å²) in [6.07, 6.45) is 6.54. The van der Waals surface area contributed by atoms with Gasteiger partial charge in [0.15, 0.2) is 12.4 Å². The molecular formula is C23H24Cl2O6. The van der Waals surface area contributed by atoms with Crippen molar-refractivity contribution in [2.24, 2.45) is 5.41 Å². The molecular weight excluding hydrogens is 443 g/mol. The van der Waals surface area contributed by atoms with Crippen molar-refractivity contribution >= 4 is 46.5 Å². The maximum absolute atomic E-state index is 12.3. The zero-order chi connectivity index (χ0) is 22.4. The number of rotatable bonds is 6. The van der Waals surface area contributed by atoms with Crippen LogP contribution < -0.4 is 4.74 Å². The average Bonchev–Trinajstić information content (AvgIpc) is 3.33. The maximum Gasteiger partial charge on any atom is 0.348 e. The number of allylic oxidation sites excluding steroid dienone is 2. The van der Waals surface area contributed by atoms with E-state index in [4.69, 9.17) is 32.7 Å². The highest BCUT2D eigenvalue weighted by atomic mass is 35.5. The van der Waals surface area contributed by atoms with Gasteiger partial charge < -0.3 is 14.6 Å². The van der Waals surface area contributed by atoms with E-state index in [1.807, 2.05) is 0 Å².